The van der Waals surface area contributed by atoms with E-state index in [1.807, 2.05) is 20.8 Å². The summed E-state index contributed by atoms with van der Waals surface area (Å²) in [6.45, 7) is 5.65. The summed E-state index contributed by atoms with van der Waals surface area (Å²) in [7, 11) is 0. The summed E-state index contributed by atoms with van der Waals surface area (Å²) in [5.74, 6) is 0.321. The van der Waals surface area contributed by atoms with E-state index >= 15 is 0 Å². The molecule has 2 aromatic rings. The molecule has 2 aliphatic rings. The van der Waals surface area contributed by atoms with Crippen molar-refractivity contribution >= 4 is 17.4 Å². The normalized spacial score (nSPS) is 21.7. The Kier molecular flexibility index (Phi) is 5.41. The van der Waals surface area contributed by atoms with Gasteiger partial charge in [-0.05, 0) is 57.9 Å². The Morgan fingerprint density at radius 1 is 1.17 bits per heavy atom. The van der Waals surface area contributed by atoms with E-state index in [1.165, 1.54) is 0 Å². The van der Waals surface area contributed by atoms with Crippen LogP contribution in [0.1, 0.15) is 62.7 Å². The molecule has 1 saturated heterocycles. The minimum atomic E-state index is -0.725. The highest BCUT2D eigenvalue weighted by Crippen LogP contribution is 2.44. The molecule has 1 aliphatic heterocycles. The van der Waals surface area contributed by atoms with Crippen LogP contribution in [0.4, 0.5) is 0 Å². The van der Waals surface area contributed by atoms with E-state index in [4.69, 9.17) is 9.15 Å². The van der Waals surface area contributed by atoms with Crippen molar-refractivity contribution in [2.24, 2.45) is 0 Å². The summed E-state index contributed by atoms with van der Waals surface area (Å²) < 4.78 is 11.5. The number of likely N-dealkylation sites (tertiary alicyclic amines) is 1. The van der Waals surface area contributed by atoms with E-state index in [1.54, 1.807) is 41.3 Å². The Morgan fingerprint density at radius 2 is 1.90 bits per heavy atom. The van der Waals surface area contributed by atoms with Crippen molar-refractivity contribution in [2.75, 3.05) is 0 Å². The summed E-state index contributed by atoms with van der Waals surface area (Å²) >= 11 is 0. The number of carbonyl (C=O) groups is 2. The number of Topliss-reactive ketones (excluding diaryl/α,β-unsaturated/α-hetero) is 1. The second-order valence-electron chi connectivity index (χ2n) is 8.29. The third-order valence-corrected chi connectivity index (χ3v) is 5.71. The van der Waals surface area contributed by atoms with Crippen LogP contribution < -0.4 is 4.74 Å². The maximum Gasteiger partial charge on any atom is 0.296 e. The van der Waals surface area contributed by atoms with Gasteiger partial charge in [0.25, 0.3) is 11.7 Å². The van der Waals surface area contributed by atoms with Crippen molar-refractivity contribution in [3.05, 3.63) is 59.1 Å². The first-order valence-corrected chi connectivity index (χ1v) is 10.5. The summed E-state index contributed by atoms with van der Waals surface area (Å²) in [6, 6.07) is 9.76. The van der Waals surface area contributed by atoms with Gasteiger partial charge in [0.15, 0.2) is 0 Å². The van der Waals surface area contributed by atoms with Gasteiger partial charge >= 0.3 is 0 Å². The van der Waals surface area contributed by atoms with E-state index in [2.05, 4.69) is 0 Å². The van der Waals surface area contributed by atoms with Crippen molar-refractivity contribution in [1.82, 2.24) is 4.90 Å². The molecule has 1 atom stereocenters. The van der Waals surface area contributed by atoms with Gasteiger partial charge < -0.3 is 19.2 Å². The molecule has 0 bridgehead atoms. The second-order valence-corrected chi connectivity index (χ2v) is 8.29. The first-order chi connectivity index (χ1) is 14.4. The maximum absolute atomic E-state index is 13.1. The molecule has 0 spiro atoms. The Bertz CT molecular complexity index is 997. The summed E-state index contributed by atoms with van der Waals surface area (Å²) in [5.41, 5.74) is 0.508. The fraction of sp³-hybridized carbons (Fsp3) is 0.417. The molecule has 1 unspecified atom stereocenters. The van der Waals surface area contributed by atoms with Gasteiger partial charge in [-0.3, -0.25) is 9.59 Å². The highest BCUT2D eigenvalue weighted by Gasteiger charge is 2.50. The summed E-state index contributed by atoms with van der Waals surface area (Å²) in [5, 5.41) is 11.1. The molecule has 1 amide bonds. The topological polar surface area (TPSA) is 80.0 Å². The van der Waals surface area contributed by atoms with Gasteiger partial charge in [0, 0.05) is 11.6 Å². The van der Waals surface area contributed by atoms with Crippen LogP contribution in [0, 0.1) is 6.92 Å². The minimum absolute atomic E-state index is 0.0264. The van der Waals surface area contributed by atoms with Gasteiger partial charge in [0.05, 0.1) is 11.7 Å². The molecule has 2 heterocycles. The van der Waals surface area contributed by atoms with E-state index in [0.717, 1.165) is 25.7 Å². The first kappa shape index (κ1) is 20.3. The molecule has 4 rings (SSSR count). The number of rotatable bonds is 5. The Hall–Kier alpha value is -3.02. The zero-order valence-corrected chi connectivity index (χ0v) is 17.6. The van der Waals surface area contributed by atoms with Crippen molar-refractivity contribution < 1.29 is 23.8 Å². The Labute approximate surface area is 176 Å². The maximum atomic E-state index is 13.1. The first-order valence-electron chi connectivity index (χ1n) is 10.5. The second kappa shape index (κ2) is 8.01. The molecule has 1 aromatic heterocycles. The number of furan rings is 1. The van der Waals surface area contributed by atoms with Gasteiger partial charge in [-0.2, -0.15) is 0 Å². The molecule has 1 aromatic carbocycles. The number of hydrogen-bond acceptors (Lipinski definition) is 5. The van der Waals surface area contributed by atoms with Crippen molar-refractivity contribution in [3.63, 3.8) is 0 Å². The predicted molar refractivity (Wildman–Crippen MR) is 112 cm³/mol. The van der Waals surface area contributed by atoms with Crippen molar-refractivity contribution in [1.29, 1.82) is 0 Å². The van der Waals surface area contributed by atoms with Crippen LogP contribution in [-0.2, 0) is 9.59 Å². The van der Waals surface area contributed by atoms with Gasteiger partial charge in [-0.25, -0.2) is 0 Å². The summed E-state index contributed by atoms with van der Waals surface area (Å²) in [6.07, 6.45) is 3.71. The molecule has 1 saturated carbocycles. The van der Waals surface area contributed by atoms with E-state index < -0.39 is 17.7 Å². The largest absolute Gasteiger partial charge is 0.507 e. The third kappa shape index (κ3) is 3.62. The van der Waals surface area contributed by atoms with Crippen LogP contribution in [-0.4, -0.2) is 33.8 Å². The molecule has 158 valence electrons. The van der Waals surface area contributed by atoms with Crippen LogP contribution in [0.2, 0.25) is 0 Å². The van der Waals surface area contributed by atoms with Gasteiger partial charge in [0.2, 0.25) is 0 Å². The number of amides is 1. The predicted octanol–water partition coefficient (Wildman–Crippen LogP) is 4.74. The fourth-order valence-corrected chi connectivity index (χ4v) is 4.43. The van der Waals surface area contributed by atoms with Crippen molar-refractivity contribution in [2.45, 2.75) is 64.6 Å². The van der Waals surface area contributed by atoms with Crippen molar-refractivity contribution in [3.8, 4) is 5.75 Å². The smallest absolute Gasteiger partial charge is 0.296 e. The lowest BCUT2D eigenvalue weighted by Crippen LogP contribution is -2.37. The number of aliphatic hydroxyl groups excluding tert-OH is 1. The zero-order chi connectivity index (χ0) is 21.4. The molecular formula is C24H27NO5. The lowest BCUT2D eigenvalue weighted by atomic mass is 9.98. The van der Waals surface area contributed by atoms with E-state index in [0.29, 0.717) is 22.8 Å². The SMILES string of the molecule is Cc1ccc(C2/C(=C(/O)c3cccc(OC(C)C)c3)C(=O)C(=O)N2C2CCCC2)o1. The van der Waals surface area contributed by atoms with Crippen LogP contribution in [0.5, 0.6) is 5.75 Å². The summed E-state index contributed by atoms with van der Waals surface area (Å²) in [4.78, 5) is 27.7. The average molecular weight is 409 g/mol. The lowest BCUT2D eigenvalue weighted by molar-refractivity contribution is -0.141. The number of aliphatic hydroxyl groups is 1. The molecule has 2 fully saturated rings. The molecule has 0 radical (unpaired) electrons. The van der Waals surface area contributed by atoms with Crippen LogP contribution in [0.25, 0.3) is 5.76 Å². The number of nitrogens with zero attached hydrogens (tertiary/aromatic N) is 1. The zero-order valence-electron chi connectivity index (χ0n) is 17.6. The number of ketones is 1. The molecule has 1 N–H and O–H groups in total. The number of aryl methyl sites for hydroxylation is 1. The highest BCUT2D eigenvalue weighted by atomic mass is 16.5. The monoisotopic (exact) mass is 409 g/mol. The number of benzene rings is 1. The molecule has 6 heteroatoms. The van der Waals surface area contributed by atoms with E-state index in [9.17, 15) is 14.7 Å². The molecule has 30 heavy (non-hydrogen) atoms. The average Bonchev–Trinajstić information content (AvgIpc) is 3.42. The van der Waals surface area contributed by atoms with Crippen LogP contribution in [0.3, 0.4) is 0 Å². The number of carbonyl (C=O) groups excluding carboxylic acids is 2. The van der Waals surface area contributed by atoms with Gasteiger partial charge in [-0.1, -0.05) is 25.0 Å². The molecular weight excluding hydrogens is 382 g/mol. The minimum Gasteiger partial charge on any atom is -0.507 e. The molecule has 1 aliphatic carbocycles. The number of hydrogen-bond donors (Lipinski definition) is 1. The van der Waals surface area contributed by atoms with Crippen LogP contribution in [0.15, 0.2) is 46.4 Å². The quantitative estimate of drug-likeness (QED) is 0.438. The lowest BCUT2D eigenvalue weighted by Gasteiger charge is -2.29. The van der Waals surface area contributed by atoms with E-state index in [-0.39, 0.29) is 23.5 Å². The number of ether oxygens (including phenoxy) is 1. The Balaban J connectivity index is 1.83. The van der Waals surface area contributed by atoms with Gasteiger partial charge in [0.1, 0.15) is 29.1 Å². The highest BCUT2D eigenvalue weighted by molar-refractivity contribution is 6.46. The van der Waals surface area contributed by atoms with Gasteiger partial charge in [-0.15, -0.1) is 0 Å². The molecule has 6 nitrogen and oxygen atoms in total. The standard InChI is InChI=1S/C24H27NO5/c1-14(2)29-18-10-6-7-16(13-18)22(26)20-21(19-12-11-15(3)30-19)25(24(28)23(20)27)17-8-4-5-9-17/h6-7,10-14,17,21,26H,4-5,8-9H2,1-3H3/b22-20-. The Morgan fingerprint density at radius 3 is 2.53 bits per heavy atom. The third-order valence-electron chi connectivity index (χ3n) is 5.71. The van der Waals surface area contributed by atoms with Crippen LogP contribution >= 0.6 is 0 Å². The fourth-order valence-electron chi connectivity index (χ4n) is 4.43.